The molecule has 1 N–H and O–H groups in total. The predicted octanol–water partition coefficient (Wildman–Crippen LogP) is 3.98. The van der Waals surface area contributed by atoms with E-state index in [1.165, 1.54) is 17.4 Å². The van der Waals surface area contributed by atoms with Crippen molar-refractivity contribution in [2.75, 3.05) is 13.7 Å². The first-order valence-electron chi connectivity index (χ1n) is 5.96. The standard InChI is InChI=1S/C14H14ClNO2S2/c1-18-11(12-5-6-13(15)20-12)9-16-14(17)7-4-10-3-2-8-19-10/h2-8,11H,9H2,1H3,(H,16,17)/b7-4+/t11-/m0/s1. The first-order chi connectivity index (χ1) is 9.69. The summed E-state index contributed by atoms with van der Waals surface area (Å²) in [5, 5.41) is 4.79. The van der Waals surface area contributed by atoms with E-state index in [4.69, 9.17) is 16.3 Å². The number of ether oxygens (including phenoxy) is 1. The molecular weight excluding hydrogens is 314 g/mol. The van der Waals surface area contributed by atoms with Gasteiger partial charge < -0.3 is 10.1 Å². The number of carbonyl (C=O) groups is 1. The van der Waals surface area contributed by atoms with Gasteiger partial charge in [0.05, 0.1) is 4.34 Å². The molecule has 0 bridgehead atoms. The van der Waals surface area contributed by atoms with Crippen LogP contribution in [0.5, 0.6) is 0 Å². The molecule has 106 valence electrons. The van der Waals surface area contributed by atoms with Crippen molar-refractivity contribution in [2.24, 2.45) is 0 Å². The van der Waals surface area contributed by atoms with Crippen LogP contribution in [0.2, 0.25) is 4.34 Å². The van der Waals surface area contributed by atoms with Crippen molar-refractivity contribution >= 4 is 46.3 Å². The second-order valence-electron chi connectivity index (χ2n) is 3.96. The number of carbonyl (C=O) groups excluding carboxylic acids is 1. The van der Waals surface area contributed by atoms with Gasteiger partial charge in [0.1, 0.15) is 6.10 Å². The molecule has 6 heteroatoms. The predicted molar refractivity (Wildman–Crippen MR) is 85.4 cm³/mol. The van der Waals surface area contributed by atoms with Crippen molar-refractivity contribution in [1.29, 1.82) is 0 Å². The van der Waals surface area contributed by atoms with Crippen LogP contribution in [0, 0.1) is 0 Å². The lowest BCUT2D eigenvalue weighted by Crippen LogP contribution is -2.27. The summed E-state index contributed by atoms with van der Waals surface area (Å²) in [6.07, 6.45) is 3.15. The highest BCUT2D eigenvalue weighted by molar-refractivity contribution is 7.16. The molecule has 2 aromatic heterocycles. The molecule has 0 aliphatic carbocycles. The monoisotopic (exact) mass is 327 g/mol. The fraction of sp³-hybridized carbons (Fsp3) is 0.214. The minimum Gasteiger partial charge on any atom is -0.374 e. The van der Waals surface area contributed by atoms with Crippen molar-refractivity contribution < 1.29 is 9.53 Å². The number of amides is 1. The Hall–Kier alpha value is -1.14. The third-order valence-corrected chi connectivity index (χ3v) is 4.76. The third kappa shape index (κ3) is 4.45. The average Bonchev–Trinajstić information content (AvgIpc) is 3.09. The summed E-state index contributed by atoms with van der Waals surface area (Å²) in [4.78, 5) is 13.8. The normalized spacial score (nSPS) is 12.7. The maximum absolute atomic E-state index is 11.7. The van der Waals surface area contributed by atoms with Crippen LogP contribution in [0.4, 0.5) is 0 Å². The minimum absolute atomic E-state index is 0.136. The van der Waals surface area contributed by atoms with E-state index in [9.17, 15) is 4.79 Å². The SMILES string of the molecule is CO[C@@H](CNC(=O)/C=C/c1cccs1)c1ccc(Cl)s1. The van der Waals surface area contributed by atoms with E-state index in [1.54, 1.807) is 24.5 Å². The van der Waals surface area contributed by atoms with Crippen molar-refractivity contribution in [3.8, 4) is 0 Å². The van der Waals surface area contributed by atoms with Crippen LogP contribution in [0.15, 0.2) is 35.7 Å². The molecule has 0 aromatic carbocycles. The van der Waals surface area contributed by atoms with Crippen LogP contribution < -0.4 is 5.32 Å². The molecule has 0 spiro atoms. The first kappa shape index (κ1) is 15.3. The van der Waals surface area contributed by atoms with Crippen LogP contribution in [0.3, 0.4) is 0 Å². The highest BCUT2D eigenvalue weighted by Gasteiger charge is 2.13. The fourth-order valence-electron chi connectivity index (χ4n) is 1.60. The van der Waals surface area contributed by atoms with Gasteiger partial charge in [-0.15, -0.1) is 22.7 Å². The summed E-state index contributed by atoms with van der Waals surface area (Å²) in [6, 6.07) is 7.64. The van der Waals surface area contributed by atoms with Gasteiger partial charge in [-0.3, -0.25) is 4.79 Å². The van der Waals surface area contributed by atoms with Crippen LogP contribution >= 0.6 is 34.3 Å². The molecule has 1 atom stereocenters. The lowest BCUT2D eigenvalue weighted by Gasteiger charge is -2.13. The molecule has 0 unspecified atom stereocenters. The van der Waals surface area contributed by atoms with E-state index < -0.39 is 0 Å². The van der Waals surface area contributed by atoms with E-state index in [2.05, 4.69) is 5.32 Å². The number of thiophene rings is 2. The van der Waals surface area contributed by atoms with Gasteiger partial charge in [-0.1, -0.05) is 17.7 Å². The molecule has 1 amide bonds. The zero-order valence-electron chi connectivity index (χ0n) is 10.8. The summed E-state index contributed by atoms with van der Waals surface area (Å²) in [7, 11) is 1.62. The van der Waals surface area contributed by atoms with Crippen LogP contribution in [-0.2, 0) is 9.53 Å². The van der Waals surface area contributed by atoms with Crippen molar-refractivity contribution in [3.05, 3.63) is 49.8 Å². The van der Waals surface area contributed by atoms with Gasteiger partial charge in [-0.25, -0.2) is 0 Å². The summed E-state index contributed by atoms with van der Waals surface area (Å²) in [5.74, 6) is -0.136. The summed E-state index contributed by atoms with van der Waals surface area (Å²) < 4.78 is 6.08. The summed E-state index contributed by atoms with van der Waals surface area (Å²) in [5.41, 5.74) is 0. The molecule has 0 aliphatic rings. The Morgan fingerprint density at radius 1 is 1.50 bits per heavy atom. The second kappa shape index (κ2) is 7.59. The molecule has 0 saturated carbocycles. The molecule has 2 aromatic rings. The summed E-state index contributed by atoms with van der Waals surface area (Å²) >= 11 is 8.94. The Morgan fingerprint density at radius 3 is 2.95 bits per heavy atom. The molecule has 2 heterocycles. The first-order valence-corrected chi connectivity index (χ1v) is 8.04. The van der Waals surface area contributed by atoms with Crippen molar-refractivity contribution in [3.63, 3.8) is 0 Å². The maximum atomic E-state index is 11.7. The number of halogens is 1. The van der Waals surface area contributed by atoms with Gasteiger partial charge in [-0.2, -0.15) is 0 Å². The maximum Gasteiger partial charge on any atom is 0.244 e. The molecular formula is C14H14ClNO2S2. The lowest BCUT2D eigenvalue weighted by atomic mass is 10.3. The van der Waals surface area contributed by atoms with Crippen LogP contribution in [-0.4, -0.2) is 19.6 Å². The van der Waals surface area contributed by atoms with E-state index in [0.29, 0.717) is 10.9 Å². The largest absolute Gasteiger partial charge is 0.374 e. The highest BCUT2D eigenvalue weighted by Crippen LogP contribution is 2.28. The van der Waals surface area contributed by atoms with Gasteiger partial charge in [0, 0.05) is 29.5 Å². The molecule has 0 radical (unpaired) electrons. The Kier molecular flexibility index (Phi) is 5.79. The molecule has 0 saturated heterocycles. The fourth-order valence-corrected chi connectivity index (χ4v) is 3.35. The van der Waals surface area contributed by atoms with E-state index >= 15 is 0 Å². The van der Waals surface area contributed by atoms with Crippen molar-refractivity contribution in [2.45, 2.75) is 6.10 Å². The average molecular weight is 328 g/mol. The van der Waals surface area contributed by atoms with E-state index in [1.807, 2.05) is 29.6 Å². The van der Waals surface area contributed by atoms with Gasteiger partial charge in [0.25, 0.3) is 0 Å². The second-order valence-corrected chi connectivity index (χ2v) is 6.69. The van der Waals surface area contributed by atoms with E-state index in [-0.39, 0.29) is 12.0 Å². The Labute approximate surface area is 130 Å². The highest BCUT2D eigenvalue weighted by atomic mass is 35.5. The molecule has 0 fully saturated rings. The molecule has 0 aliphatic heterocycles. The minimum atomic E-state index is -0.174. The number of hydrogen-bond donors (Lipinski definition) is 1. The lowest BCUT2D eigenvalue weighted by molar-refractivity contribution is -0.117. The zero-order chi connectivity index (χ0) is 14.4. The van der Waals surface area contributed by atoms with Gasteiger partial charge >= 0.3 is 0 Å². The number of hydrogen-bond acceptors (Lipinski definition) is 4. The molecule has 20 heavy (non-hydrogen) atoms. The number of methoxy groups -OCH3 is 1. The Morgan fingerprint density at radius 2 is 2.35 bits per heavy atom. The molecule has 3 nitrogen and oxygen atoms in total. The Bertz CT molecular complexity index is 578. The van der Waals surface area contributed by atoms with Crippen LogP contribution in [0.25, 0.3) is 6.08 Å². The van der Waals surface area contributed by atoms with Gasteiger partial charge in [0.15, 0.2) is 0 Å². The quantitative estimate of drug-likeness (QED) is 0.815. The van der Waals surface area contributed by atoms with Crippen LogP contribution in [0.1, 0.15) is 15.9 Å². The van der Waals surface area contributed by atoms with Gasteiger partial charge in [-0.05, 0) is 29.7 Å². The number of nitrogens with one attached hydrogen (secondary N) is 1. The smallest absolute Gasteiger partial charge is 0.244 e. The Balaban J connectivity index is 1.85. The van der Waals surface area contributed by atoms with Crippen molar-refractivity contribution in [1.82, 2.24) is 5.32 Å². The van der Waals surface area contributed by atoms with E-state index in [0.717, 1.165) is 9.75 Å². The summed E-state index contributed by atoms with van der Waals surface area (Å²) in [6.45, 7) is 0.418. The van der Waals surface area contributed by atoms with Gasteiger partial charge in [0.2, 0.25) is 5.91 Å². The number of rotatable bonds is 6. The third-order valence-electron chi connectivity index (χ3n) is 2.60. The molecule has 2 rings (SSSR count). The zero-order valence-corrected chi connectivity index (χ0v) is 13.2. The topological polar surface area (TPSA) is 38.3 Å².